The lowest BCUT2D eigenvalue weighted by Crippen LogP contribution is -2.35. The number of aliphatic hydroxyl groups excluding tert-OH is 2. The Kier molecular flexibility index (Phi) is 5.49. The molecule has 4 aromatic rings. The topological polar surface area (TPSA) is 175 Å². The van der Waals surface area contributed by atoms with E-state index in [9.17, 15) is 19.7 Å². The highest BCUT2D eigenvalue weighted by molar-refractivity contribution is 7.47. The molecule has 0 amide bonds. The van der Waals surface area contributed by atoms with Crippen LogP contribution in [0.25, 0.3) is 21.9 Å². The van der Waals surface area contributed by atoms with Crippen molar-refractivity contribution in [2.75, 3.05) is 12.3 Å². The molecule has 1 aliphatic heterocycles. The van der Waals surface area contributed by atoms with Crippen molar-refractivity contribution in [2.24, 2.45) is 0 Å². The van der Waals surface area contributed by atoms with Gasteiger partial charge in [-0.25, -0.2) is 19.5 Å². The minimum absolute atomic E-state index is 0.136. The molecule has 2 aromatic heterocycles. The first kappa shape index (κ1) is 21.7. The summed E-state index contributed by atoms with van der Waals surface area (Å²) < 4.78 is 30.5. The number of hydrogen-bond donors (Lipinski definition) is 4. The highest BCUT2D eigenvalue weighted by atomic mass is 31.2. The Morgan fingerprint density at radius 3 is 2.76 bits per heavy atom. The highest BCUT2D eigenvalue weighted by Crippen LogP contribution is 2.50. The lowest BCUT2D eigenvalue weighted by molar-refractivity contribution is -0.0508. The number of aromatic nitrogens is 4. The SMILES string of the molecule is Nc1ncnc2c1ncn2[C@@H]1O[C@H](CO)[C@@H](OP(=O)(O)Oc2cccc3ccccc23)[C@H]1O. The summed E-state index contributed by atoms with van der Waals surface area (Å²) >= 11 is 0. The number of rotatable bonds is 6. The number of fused-ring (bicyclic) bond motifs is 2. The molecular weight excluding hydrogens is 453 g/mol. The van der Waals surface area contributed by atoms with Crippen molar-refractivity contribution in [3.05, 3.63) is 55.1 Å². The summed E-state index contributed by atoms with van der Waals surface area (Å²) in [5.41, 5.74) is 6.38. The van der Waals surface area contributed by atoms with Crippen LogP contribution < -0.4 is 10.3 Å². The summed E-state index contributed by atoms with van der Waals surface area (Å²) in [5.74, 6) is 0.276. The van der Waals surface area contributed by atoms with Crippen LogP contribution in [0, 0.1) is 0 Å². The molecule has 5 atom stereocenters. The Morgan fingerprint density at radius 1 is 1.15 bits per heavy atom. The van der Waals surface area contributed by atoms with Gasteiger partial charge in [-0.05, 0) is 11.5 Å². The number of ether oxygens (including phenoxy) is 1. The summed E-state index contributed by atoms with van der Waals surface area (Å²) in [6, 6.07) is 12.2. The molecule has 1 fully saturated rings. The van der Waals surface area contributed by atoms with E-state index in [-0.39, 0.29) is 17.2 Å². The van der Waals surface area contributed by atoms with Gasteiger partial charge in [0.1, 0.15) is 35.9 Å². The van der Waals surface area contributed by atoms with Crippen molar-refractivity contribution in [2.45, 2.75) is 24.5 Å². The first-order valence-corrected chi connectivity index (χ1v) is 11.4. The van der Waals surface area contributed by atoms with Crippen molar-refractivity contribution < 1.29 is 33.5 Å². The van der Waals surface area contributed by atoms with Gasteiger partial charge in [0.15, 0.2) is 17.7 Å². The first-order valence-electron chi connectivity index (χ1n) is 9.94. The van der Waals surface area contributed by atoms with E-state index >= 15 is 0 Å². The minimum atomic E-state index is -4.74. The average Bonchev–Trinajstić information content (AvgIpc) is 3.36. The third-order valence-corrected chi connectivity index (χ3v) is 6.31. The molecule has 1 unspecified atom stereocenters. The molecule has 1 aliphatic rings. The molecule has 2 aromatic carbocycles. The number of benzene rings is 2. The average molecular weight is 473 g/mol. The number of nitrogens with two attached hydrogens (primary N) is 1. The number of imidazole rings is 1. The second-order valence-corrected chi connectivity index (χ2v) is 8.76. The largest absolute Gasteiger partial charge is 0.527 e. The molecule has 0 bridgehead atoms. The normalized spacial score (nSPS) is 24.8. The fourth-order valence-corrected chi connectivity index (χ4v) is 4.88. The van der Waals surface area contributed by atoms with E-state index in [2.05, 4.69) is 15.0 Å². The molecule has 3 heterocycles. The fraction of sp³-hybridized carbons (Fsp3) is 0.250. The Labute approximate surface area is 186 Å². The molecule has 0 aliphatic carbocycles. The summed E-state index contributed by atoms with van der Waals surface area (Å²) in [4.78, 5) is 22.5. The summed E-state index contributed by atoms with van der Waals surface area (Å²) in [6.07, 6.45) is -2.53. The maximum Gasteiger partial charge on any atom is 0.527 e. The summed E-state index contributed by atoms with van der Waals surface area (Å²) in [6.45, 7) is -0.587. The number of nitrogens with zero attached hydrogens (tertiary/aromatic N) is 4. The van der Waals surface area contributed by atoms with Crippen LogP contribution in [0.4, 0.5) is 5.82 Å². The van der Waals surface area contributed by atoms with Gasteiger partial charge in [0.2, 0.25) is 0 Å². The number of hydrogen-bond acceptors (Lipinski definition) is 10. The maximum atomic E-state index is 12.8. The molecule has 0 spiro atoms. The van der Waals surface area contributed by atoms with Gasteiger partial charge in [0.25, 0.3) is 0 Å². The van der Waals surface area contributed by atoms with Gasteiger partial charge >= 0.3 is 7.82 Å². The number of anilines is 1. The van der Waals surface area contributed by atoms with Gasteiger partial charge < -0.3 is 25.2 Å². The zero-order valence-electron chi connectivity index (χ0n) is 17.0. The van der Waals surface area contributed by atoms with Crippen LogP contribution in [0.1, 0.15) is 6.23 Å². The monoisotopic (exact) mass is 473 g/mol. The molecule has 5 N–H and O–H groups in total. The van der Waals surface area contributed by atoms with Crippen LogP contribution in [0.5, 0.6) is 5.75 Å². The smallest absolute Gasteiger partial charge is 0.403 e. The van der Waals surface area contributed by atoms with Crippen molar-refractivity contribution in [1.29, 1.82) is 0 Å². The number of aliphatic hydroxyl groups is 2. The molecule has 0 saturated carbocycles. The predicted octanol–water partition coefficient (Wildman–Crippen LogP) is 1.38. The second kappa shape index (κ2) is 8.34. The third kappa shape index (κ3) is 3.93. The Morgan fingerprint density at radius 2 is 1.94 bits per heavy atom. The van der Waals surface area contributed by atoms with E-state index in [1.54, 1.807) is 18.2 Å². The maximum absolute atomic E-state index is 12.8. The van der Waals surface area contributed by atoms with Crippen LogP contribution in [0.2, 0.25) is 0 Å². The molecule has 33 heavy (non-hydrogen) atoms. The Hall–Kier alpha value is -3.12. The standard InChI is InChI=1S/C20H20N5O7P/c21-18-15-19(23-9-22-18)25(10-24-15)20-16(27)17(14(8-26)30-20)32-33(28,29)31-13-7-3-5-11-4-1-2-6-12(11)13/h1-7,9-10,14,16-17,20,26-27H,8H2,(H,28,29)(H2,21,22,23)/t14-,16-,17-,20-/m1/s1. The van der Waals surface area contributed by atoms with Gasteiger partial charge in [-0.1, -0.05) is 36.4 Å². The van der Waals surface area contributed by atoms with Crippen LogP contribution in [0.3, 0.4) is 0 Å². The van der Waals surface area contributed by atoms with Gasteiger partial charge in [-0.2, -0.15) is 0 Å². The van der Waals surface area contributed by atoms with Crippen molar-refractivity contribution in [3.63, 3.8) is 0 Å². The highest BCUT2D eigenvalue weighted by Gasteiger charge is 2.49. The van der Waals surface area contributed by atoms with E-state index in [0.29, 0.717) is 10.9 Å². The number of phosphoric ester groups is 1. The predicted molar refractivity (Wildman–Crippen MR) is 116 cm³/mol. The number of phosphoric acid groups is 1. The summed E-state index contributed by atoms with van der Waals surface area (Å²) in [5, 5.41) is 22.1. The Balaban J connectivity index is 1.41. The second-order valence-electron chi connectivity index (χ2n) is 7.43. The molecular formula is C20H20N5O7P. The molecule has 0 radical (unpaired) electrons. The lowest BCUT2D eigenvalue weighted by atomic mass is 10.1. The Bertz CT molecular complexity index is 1360. The van der Waals surface area contributed by atoms with Gasteiger partial charge in [0.05, 0.1) is 12.9 Å². The van der Waals surface area contributed by atoms with Crippen LogP contribution >= 0.6 is 7.82 Å². The van der Waals surface area contributed by atoms with E-state index in [1.165, 1.54) is 23.3 Å². The van der Waals surface area contributed by atoms with Crippen LogP contribution in [-0.2, 0) is 13.8 Å². The van der Waals surface area contributed by atoms with Crippen molar-refractivity contribution in [1.82, 2.24) is 19.5 Å². The van der Waals surface area contributed by atoms with Gasteiger partial charge in [-0.15, -0.1) is 0 Å². The van der Waals surface area contributed by atoms with Crippen LogP contribution in [-0.4, -0.2) is 59.5 Å². The van der Waals surface area contributed by atoms with E-state index in [0.717, 1.165) is 5.39 Å². The van der Waals surface area contributed by atoms with Crippen molar-refractivity contribution >= 4 is 35.6 Å². The molecule has 12 nitrogen and oxygen atoms in total. The van der Waals surface area contributed by atoms with Crippen LogP contribution in [0.15, 0.2) is 55.1 Å². The third-order valence-electron chi connectivity index (χ3n) is 5.37. The van der Waals surface area contributed by atoms with E-state index in [4.69, 9.17) is 19.5 Å². The van der Waals surface area contributed by atoms with Gasteiger partial charge in [0, 0.05) is 5.39 Å². The molecule has 13 heteroatoms. The zero-order chi connectivity index (χ0) is 23.2. The molecule has 172 valence electrons. The van der Waals surface area contributed by atoms with Crippen molar-refractivity contribution in [3.8, 4) is 5.75 Å². The van der Waals surface area contributed by atoms with E-state index < -0.39 is 39.0 Å². The quantitative estimate of drug-likeness (QED) is 0.298. The van der Waals surface area contributed by atoms with E-state index in [1.807, 2.05) is 18.2 Å². The zero-order valence-corrected chi connectivity index (χ0v) is 17.9. The fourth-order valence-electron chi connectivity index (χ4n) is 3.86. The summed E-state index contributed by atoms with van der Waals surface area (Å²) in [7, 11) is -4.74. The van der Waals surface area contributed by atoms with Gasteiger partial charge in [-0.3, -0.25) is 14.0 Å². The lowest BCUT2D eigenvalue weighted by Gasteiger charge is -2.23. The first-order chi connectivity index (χ1) is 15.9. The molecule has 5 rings (SSSR count). The molecule has 1 saturated heterocycles. The minimum Gasteiger partial charge on any atom is -0.403 e. The number of nitrogen functional groups attached to an aromatic ring is 1.